The first-order chi connectivity index (χ1) is 12.3. The maximum absolute atomic E-state index is 13.2. The molecular formula is C18H18ClFN2O3S. The number of hydrogen-bond acceptors (Lipinski definition) is 3. The minimum Gasteiger partial charge on any atom is -0.322 e. The van der Waals surface area contributed by atoms with E-state index >= 15 is 0 Å². The van der Waals surface area contributed by atoms with Crippen LogP contribution >= 0.6 is 11.6 Å². The Labute approximate surface area is 156 Å². The molecule has 0 saturated carbocycles. The number of sulfonamides is 1. The zero-order valence-corrected chi connectivity index (χ0v) is 15.7. The highest BCUT2D eigenvalue weighted by atomic mass is 35.5. The molecule has 1 aliphatic rings. The van der Waals surface area contributed by atoms with Crippen molar-refractivity contribution in [2.24, 2.45) is 0 Å². The molecule has 8 heteroatoms. The van der Waals surface area contributed by atoms with E-state index in [4.69, 9.17) is 11.6 Å². The van der Waals surface area contributed by atoms with Crippen LogP contribution < -0.4 is 9.62 Å². The molecule has 0 atom stereocenters. The number of anilines is 2. The van der Waals surface area contributed by atoms with Crippen LogP contribution in [0, 0.1) is 12.7 Å². The zero-order valence-electron chi connectivity index (χ0n) is 14.1. The topological polar surface area (TPSA) is 66.5 Å². The van der Waals surface area contributed by atoms with Crippen LogP contribution in [0.1, 0.15) is 28.8 Å². The van der Waals surface area contributed by atoms with Crippen molar-refractivity contribution in [1.82, 2.24) is 0 Å². The van der Waals surface area contributed by atoms with E-state index in [1.807, 2.05) is 0 Å². The van der Waals surface area contributed by atoms with Gasteiger partial charge in [0.05, 0.1) is 16.5 Å². The Morgan fingerprint density at radius 3 is 2.65 bits per heavy atom. The molecule has 0 bridgehead atoms. The summed E-state index contributed by atoms with van der Waals surface area (Å²) in [4.78, 5) is 12.5. The smallest absolute Gasteiger partial charge is 0.255 e. The van der Waals surface area contributed by atoms with Crippen LogP contribution in [0.4, 0.5) is 15.8 Å². The zero-order chi connectivity index (χ0) is 18.9. The number of carbonyl (C=O) groups excluding carboxylic acids is 1. The predicted molar refractivity (Wildman–Crippen MR) is 101 cm³/mol. The van der Waals surface area contributed by atoms with Crippen LogP contribution in [0.3, 0.4) is 0 Å². The van der Waals surface area contributed by atoms with Crippen LogP contribution in [0.5, 0.6) is 0 Å². The first kappa shape index (κ1) is 18.7. The summed E-state index contributed by atoms with van der Waals surface area (Å²) in [5.74, 6) is -0.891. The van der Waals surface area contributed by atoms with E-state index in [0.717, 1.165) is 12.0 Å². The lowest BCUT2D eigenvalue weighted by Gasteiger charge is -2.29. The molecule has 0 spiro atoms. The van der Waals surface area contributed by atoms with Crippen molar-refractivity contribution >= 4 is 38.9 Å². The lowest BCUT2D eigenvalue weighted by Crippen LogP contribution is -2.38. The first-order valence-electron chi connectivity index (χ1n) is 8.15. The second-order valence-electron chi connectivity index (χ2n) is 6.18. The van der Waals surface area contributed by atoms with E-state index in [1.165, 1.54) is 22.5 Å². The molecule has 5 nitrogen and oxygen atoms in total. The Bertz CT molecular complexity index is 963. The molecule has 1 amide bonds. The second kappa shape index (κ2) is 7.25. The van der Waals surface area contributed by atoms with Gasteiger partial charge in [0.2, 0.25) is 10.0 Å². The second-order valence-corrected chi connectivity index (χ2v) is 8.60. The molecular weight excluding hydrogens is 379 g/mol. The Morgan fingerprint density at radius 2 is 1.96 bits per heavy atom. The van der Waals surface area contributed by atoms with E-state index in [1.54, 1.807) is 25.1 Å². The van der Waals surface area contributed by atoms with Crippen molar-refractivity contribution in [1.29, 1.82) is 0 Å². The van der Waals surface area contributed by atoms with Gasteiger partial charge in [-0.15, -0.1) is 0 Å². The standard InChI is InChI=1S/C18H18ClFN2O3S/c1-12-4-5-13(10-17(12)22-8-2-3-9-26(22,24)25)18(23)21-14-6-7-16(20)15(19)11-14/h4-7,10-11H,2-3,8-9H2,1H3,(H,21,23). The number of hydrogen-bond donors (Lipinski definition) is 1. The van der Waals surface area contributed by atoms with Gasteiger partial charge in [-0.2, -0.15) is 0 Å². The Morgan fingerprint density at radius 1 is 1.19 bits per heavy atom. The number of halogens is 2. The lowest BCUT2D eigenvalue weighted by molar-refractivity contribution is 0.102. The lowest BCUT2D eigenvalue weighted by atomic mass is 10.1. The van der Waals surface area contributed by atoms with Crippen LogP contribution in [0.15, 0.2) is 36.4 Å². The number of amides is 1. The van der Waals surface area contributed by atoms with Crippen LogP contribution in [-0.4, -0.2) is 26.6 Å². The van der Waals surface area contributed by atoms with E-state index in [2.05, 4.69) is 5.32 Å². The minimum absolute atomic E-state index is 0.0909. The van der Waals surface area contributed by atoms with E-state index in [0.29, 0.717) is 29.9 Å². The van der Waals surface area contributed by atoms with Gasteiger partial charge in [0.1, 0.15) is 5.82 Å². The molecule has 0 unspecified atom stereocenters. The van der Waals surface area contributed by atoms with E-state index in [-0.39, 0.29) is 10.8 Å². The highest BCUT2D eigenvalue weighted by molar-refractivity contribution is 7.92. The average molecular weight is 397 g/mol. The van der Waals surface area contributed by atoms with Gasteiger partial charge in [-0.1, -0.05) is 17.7 Å². The van der Waals surface area contributed by atoms with E-state index < -0.39 is 21.7 Å². The molecule has 3 rings (SSSR count). The Kier molecular flexibility index (Phi) is 5.20. The van der Waals surface area contributed by atoms with Crippen LogP contribution in [0.2, 0.25) is 5.02 Å². The first-order valence-corrected chi connectivity index (χ1v) is 10.1. The molecule has 0 aliphatic carbocycles. The molecule has 0 radical (unpaired) electrons. The Hall–Kier alpha value is -2.12. The summed E-state index contributed by atoms with van der Waals surface area (Å²) in [6.07, 6.45) is 1.42. The van der Waals surface area contributed by atoms with Gasteiger partial charge in [-0.25, -0.2) is 12.8 Å². The number of carbonyl (C=O) groups is 1. The summed E-state index contributed by atoms with van der Waals surface area (Å²) in [7, 11) is -3.37. The third-order valence-electron chi connectivity index (χ3n) is 4.27. The Balaban J connectivity index is 1.89. The minimum atomic E-state index is -3.37. The third kappa shape index (κ3) is 3.83. The maximum atomic E-state index is 13.2. The molecule has 1 saturated heterocycles. The SMILES string of the molecule is Cc1ccc(C(=O)Nc2ccc(F)c(Cl)c2)cc1N1CCCCS1(=O)=O. The summed E-state index contributed by atoms with van der Waals surface area (Å²) < 4.78 is 39.3. The molecule has 2 aromatic carbocycles. The molecule has 2 aromatic rings. The number of benzene rings is 2. The summed E-state index contributed by atoms with van der Waals surface area (Å²) in [5, 5.41) is 2.55. The highest BCUT2D eigenvalue weighted by Crippen LogP contribution is 2.28. The molecule has 1 heterocycles. The van der Waals surface area contributed by atoms with Crippen molar-refractivity contribution in [3.05, 3.63) is 58.4 Å². The summed E-state index contributed by atoms with van der Waals surface area (Å²) in [6.45, 7) is 2.21. The molecule has 0 aromatic heterocycles. The molecule has 1 fully saturated rings. The number of aryl methyl sites for hydroxylation is 1. The third-order valence-corrected chi connectivity index (χ3v) is 6.41. The highest BCUT2D eigenvalue weighted by Gasteiger charge is 2.27. The van der Waals surface area contributed by atoms with Gasteiger partial charge < -0.3 is 5.32 Å². The van der Waals surface area contributed by atoms with Gasteiger partial charge in [0.25, 0.3) is 5.91 Å². The van der Waals surface area contributed by atoms with Gasteiger partial charge in [-0.3, -0.25) is 9.10 Å². The summed E-state index contributed by atoms with van der Waals surface area (Å²) in [5.41, 5.74) is 1.95. The largest absolute Gasteiger partial charge is 0.322 e. The van der Waals surface area contributed by atoms with Crippen LogP contribution in [-0.2, 0) is 10.0 Å². The number of rotatable bonds is 3. The van der Waals surface area contributed by atoms with Gasteiger partial charge >= 0.3 is 0 Å². The van der Waals surface area contributed by atoms with Crippen molar-refractivity contribution in [2.45, 2.75) is 19.8 Å². The number of nitrogens with zero attached hydrogens (tertiary/aromatic N) is 1. The van der Waals surface area contributed by atoms with Crippen molar-refractivity contribution < 1.29 is 17.6 Å². The van der Waals surface area contributed by atoms with Crippen molar-refractivity contribution in [2.75, 3.05) is 21.9 Å². The number of nitrogens with one attached hydrogen (secondary N) is 1. The quantitative estimate of drug-likeness (QED) is 0.853. The van der Waals surface area contributed by atoms with E-state index in [9.17, 15) is 17.6 Å². The average Bonchev–Trinajstić information content (AvgIpc) is 2.58. The molecule has 26 heavy (non-hydrogen) atoms. The fourth-order valence-electron chi connectivity index (χ4n) is 2.86. The van der Waals surface area contributed by atoms with Crippen molar-refractivity contribution in [3.63, 3.8) is 0 Å². The predicted octanol–water partition coefficient (Wildman–Crippen LogP) is 3.97. The van der Waals surface area contributed by atoms with Crippen molar-refractivity contribution in [3.8, 4) is 0 Å². The normalized spacial score (nSPS) is 16.3. The van der Waals surface area contributed by atoms with Gasteiger partial charge in [0, 0.05) is 17.8 Å². The monoisotopic (exact) mass is 396 g/mol. The summed E-state index contributed by atoms with van der Waals surface area (Å²) >= 11 is 5.72. The maximum Gasteiger partial charge on any atom is 0.255 e. The van der Waals surface area contributed by atoms with Gasteiger partial charge in [-0.05, 0) is 55.7 Å². The van der Waals surface area contributed by atoms with Crippen LogP contribution in [0.25, 0.3) is 0 Å². The van der Waals surface area contributed by atoms with Gasteiger partial charge in [0.15, 0.2) is 0 Å². The summed E-state index contributed by atoms with van der Waals surface area (Å²) in [6, 6.07) is 8.79. The molecule has 1 aliphatic heterocycles. The fourth-order valence-corrected chi connectivity index (χ4v) is 4.73. The molecule has 138 valence electrons. The molecule has 1 N–H and O–H groups in total. The fraction of sp³-hybridized carbons (Fsp3) is 0.278.